The minimum Gasteiger partial charge on any atom is -0.446 e. The lowest BCUT2D eigenvalue weighted by Gasteiger charge is -2.21. The molecule has 114 valence electrons. The first kappa shape index (κ1) is 15.2. The van der Waals surface area contributed by atoms with Crippen LogP contribution in [0.5, 0.6) is 0 Å². The summed E-state index contributed by atoms with van der Waals surface area (Å²) < 4.78 is 0. The van der Waals surface area contributed by atoms with Crippen LogP contribution >= 0.6 is 0 Å². The van der Waals surface area contributed by atoms with Gasteiger partial charge in [0, 0.05) is 0 Å². The van der Waals surface area contributed by atoms with Gasteiger partial charge in [-0.15, -0.1) is 0 Å². The van der Waals surface area contributed by atoms with Crippen molar-refractivity contribution < 1.29 is 5.02 Å². The van der Waals surface area contributed by atoms with E-state index in [1.807, 2.05) is 0 Å². The molecule has 0 bridgehead atoms. The number of benzene rings is 1. The van der Waals surface area contributed by atoms with Crippen LogP contribution in [0, 0.1) is 5.92 Å². The minimum atomic E-state index is -0.213. The lowest BCUT2D eigenvalue weighted by molar-refractivity contribution is 0.359. The molecule has 21 heavy (non-hydrogen) atoms. The van der Waals surface area contributed by atoms with E-state index >= 15 is 0 Å². The van der Waals surface area contributed by atoms with Crippen LogP contribution in [0.2, 0.25) is 6.32 Å². The first-order valence-electron chi connectivity index (χ1n) is 9.13. The molecule has 0 radical (unpaired) electrons. The van der Waals surface area contributed by atoms with Crippen molar-refractivity contribution in [2.24, 2.45) is 5.92 Å². The predicted octanol–water partition coefficient (Wildman–Crippen LogP) is 4.12. The second-order valence-corrected chi connectivity index (χ2v) is 7.19. The molecule has 0 unspecified atom stereocenters. The molecule has 2 heteroatoms. The molecule has 1 saturated carbocycles. The standard InChI is InChI=1S/C19H29BO/c21-20-14-6-9-18-13-12-17(15-19(18)20)11-10-16-7-4-2-1-3-5-8-16/h12-13,15-16,21H,1-11,14H2. The van der Waals surface area contributed by atoms with Crippen molar-refractivity contribution in [3.63, 3.8) is 0 Å². The summed E-state index contributed by atoms with van der Waals surface area (Å²) in [5.74, 6) is 0.936. The zero-order valence-corrected chi connectivity index (χ0v) is 13.3. The summed E-state index contributed by atoms with van der Waals surface area (Å²) in [5.41, 5.74) is 4.04. The van der Waals surface area contributed by atoms with E-state index in [1.54, 1.807) is 0 Å². The van der Waals surface area contributed by atoms with E-state index in [-0.39, 0.29) is 6.92 Å². The Balaban J connectivity index is 1.58. The van der Waals surface area contributed by atoms with Gasteiger partial charge in [-0.3, -0.25) is 0 Å². The Morgan fingerprint density at radius 1 is 1.00 bits per heavy atom. The molecule has 1 aromatic carbocycles. The van der Waals surface area contributed by atoms with Gasteiger partial charge in [0.2, 0.25) is 0 Å². The zero-order valence-electron chi connectivity index (χ0n) is 13.3. The second-order valence-electron chi connectivity index (χ2n) is 7.19. The third-order valence-electron chi connectivity index (χ3n) is 5.56. The van der Waals surface area contributed by atoms with Crippen LogP contribution < -0.4 is 5.46 Å². The molecule has 2 aliphatic rings. The Kier molecular flexibility index (Phi) is 5.40. The summed E-state index contributed by atoms with van der Waals surface area (Å²) >= 11 is 0. The van der Waals surface area contributed by atoms with Gasteiger partial charge >= 0.3 is 6.92 Å². The molecular formula is C19H29BO. The molecule has 1 fully saturated rings. The van der Waals surface area contributed by atoms with Crippen molar-refractivity contribution >= 4 is 12.4 Å². The van der Waals surface area contributed by atoms with Gasteiger partial charge in [-0.05, 0) is 42.5 Å². The fourth-order valence-electron chi connectivity index (χ4n) is 4.18. The lowest BCUT2D eigenvalue weighted by Crippen LogP contribution is -2.36. The molecule has 1 aliphatic carbocycles. The third kappa shape index (κ3) is 4.13. The van der Waals surface area contributed by atoms with Crippen molar-refractivity contribution in [1.82, 2.24) is 0 Å². The van der Waals surface area contributed by atoms with Gasteiger partial charge in [0.25, 0.3) is 0 Å². The number of rotatable bonds is 3. The highest BCUT2D eigenvalue weighted by molar-refractivity contribution is 6.67. The van der Waals surface area contributed by atoms with E-state index in [4.69, 9.17) is 0 Å². The molecule has 1 heterocycles. The Morgan fingerprint density at radius 2 is 1.76 bits per heavy atom. The minimum absolute atomic E-state index is 0.213. The number of hydrogen-bond acceptors (Lipinski definition) is 1. The Bertz CT molecular complexity index is 449. The summed E-state index contributed by atoms with van der Waals surface area (Å²) in [6.07, 6.45) is 15.9. The molecule has 0 aromatic heterocycles. The van der Waals surface area contributed by atoms with Crippen molar-refractivity contribution in [3.05, 3.63) is 29.3 Å². The average molecular weight is 284 g/mol. The largest absolute Gasteiger partial charge is 0.446 e. The molecule has 0 atom stereocenters. The summed E-state index contributed by atoms with van der Waals surface area (Å²) in [6, 6.07) is 6.87. The van der Waals surface area contributed by atoms with Crippen LogP contribution in [0.3, 0.4) is 0 Å². The highest BCUT2D eigenvalue weighted by Gasteiger charge is 2.22. The Hall–Kier alpha value is -0.755. The van der Waals surface area contributed by atoms with Crippen molar-refractivity contribution in [2.75, 3.05) is 0 Å². The number of hydrogen-bond donors (Lipinski definition) is 1. The first-order valence-corrected chi connectivity index (χ1v) is 9.13. The van der Waals surface area contributed by atoms with E-state index in [9.17, 15) is 5.02 Å². The predicted molar refractivity (Wildman–Crippen MR) is 91.3 cm³/mol. The third-order valence-corrected chi connectivity index (χ3v) is 5.56. The normalized spacial score (nSPS) is 20.7. The van der Waals surface area contributed by atoms with Crippen molar-refractivity contribution in [1.29, 1.82) is 0 Å². The van der Waals surface area contributed by atoms with E-state index in [1.165, 1.54) is 74.4 Å². The van der Waals surface area contributed by atoms with E-state index in [0.29, 0.717) is 0 Å². The average Bonchev–Trinajstić information content (AvgIpc) is 2.47. The van der Waals surface area contributed by atoms with Gasteiger partial charge in [-0.25, -0.2) is 0 Å². The van der Waals surface area contributed by atoms with Crippen LogP contribution in [0.25, 0.3) is 0 Å². The van der Waals surface area contributed by atoms with Gasteiger partial charge in [0.1, 0.15) is 0 Å². The lowest BCUT2D eigenvalue weighted by atomic mass is 9.53. The summed E-state index contributed by atoms with van der Waals surface area (Å²) in [4.78, 5) is 0. The first-order chi connectivity index (χ1) is 10.3. The topological polar surface area (TPSA) is 20.2 Å². The summed E-state index contributed by atoms with van der Waals surface area (Å²) in [7, 11) is 0. The molecular weight excluding hydrogens is 255 g/mol. The Labute approximate surface area is 130 Å². The molecule has 3 rings (SSSR count). The highest BCUT2D eigenvalue weighted by Crippen LogP contribution is 2.26. The molecule has 1 N–H and O–H groups in total. The number of fused-ring (bicyclic) bond motifs is 1. The van der Waals surface area contributed by atoms with Gasteiger partial charge < -0.3 is 5.02 Å². The van der Waals surface area contributed by atoms with Gasteiger partial charge in [-0.1, -0.05) is 75.1 Å². The monoisotopic (exact) mass is 284 g/mol. The fourth-order valence-corrected chi connectivity index (χ4v) is 4.18. The quantitative estimate of drug-likeness (QED) is 0.828. The van der Waals surface area contributed by atoms with Crippen LogP contribution in [0.15, 0.2) is 18.2 Å². The van der Waals surface area contributed by atoms with Gasteiger partial charge in [0.15, 0.2) is 0 Å². The molecule has 0 saturated heterocycles. The maximum atomic E-state index is 10.2. The van der Waals surface area contributed by atoms with E-state index in [0.717, 1.165) is 25.1 Å². The SMILES string of the molecule is OB1CCCc2ccc(CCC3CCCCCCC3)cc21. The van der Waals surface area contributed by atoms with Crippen LogP contribution in [-0.4, -0.2) is 11.9 Å². The van der Waals surface area contributed by atoms with E-state index < -0.39 is 0 Å². The molecule has 0 spiro atoms. The fraction of sp³-hybridized carbons (Fsp3) is 0.684. The smallest absolute Gasteiger partial charge is 0.323 e. The maximum Gasteiger partial charge on any atom is 0.323 e. The van der Waals surface area contributed by atoms with Gasteiger partial charge in [-0.2, -0.15) is 0 Å². The van der Waals surface area contributed by atoms with E-state index in [2.05, 4.69) is 18.2 Å². The van der Waals surface area contributed by atoms with Crippen LogP contribution in [0.4, 0.5) is 0 Å². The maximum absolute atomic E-state index is 10.2. The molecule has 1 nitrogen and oxygen atoms in total. The summed E-state index contributed by atoms with van der Waals surface area (Å²) in [5, 5.41) is 10.2. The second kappa shape index (κ2) is 7.49. The van der Waals surface area contributed by atoms with Crippen molar-refractivity contribution in [2.45, 2.75) is 76.9 Å². The van der Waals surface area contributed by atoms with Crippen molar-refractivity contribution in [3.8, 4) is 0 Å². The summed E-state index contributed by atoms with van der Waals surface area (Å²) in [6.45, 7) is -0.213. The van der Waals surface area contributed by atoms with Crippen LogP contribution in [-0.2, 0) is 12.8 Å². The molecule has 1 aromatic rings. The molecule has 0 amide bonds. The zero-order chi connectivity index (χ0) is 14.5. The number of aryl methyl sites for hydroxylation is 2. The Morgan fingerprint density at radius 3 is 2.57 bits per heavy atom. The highest BCUT2D eigenvalue weighted by atomic mass is 16.2. The molecule has 1 aliphatic heterocycles. The van der Waals surface area contributed by atoms with Gasteiger partial charge in [0.05, 0.1) is 0 Å². The van der Waals surface area contributed by atoms with Crippen LogP contribution in [0.1, 0.15) is 68.9 Å².